The minimum absolute atomic E-state index is 0.275. The SMILES string of the molecule is CCO[Si](OCC)(OCC)OCc1ccc2c(c1)c1cc(N(c3ccccc3)c3ccc(-c4ccc(N(c5ccccc5)c5ccc6c(c5)c5cc(CO[Si](OCC)(OCC)OCC)ccc5n6-c5ccccc5)cc4)cc3)ccc1n2-c1ccccc1. The molecule has 446 valence electrons. The first kappa shape index (κ1) is 59.8. The molecular weight excluding hydrogens is 1130 g/mol. The lowest BCUT2D eigenvalue weighted by molar-refractivity contribution is -0.0328. The van der Waals surface area contributed by atoms with E-state index in [2.05, 4.69) is 262 Å². The summed E-state index contributed by atoms with van der Waals surface area (Å²) in [6.07, 6.45) is 0. The number of fused-ring (bicyclic) bond motifs is 6. The molecule has 0 spiro atoms. The number of anilines is 6. The fourth-order valence-corrected chi connectivity index (χ4v) is 15.7. The maximum Gasteiger partial charge on any atom is 0.679 e. The molecule has 2 heterocycles. The number of hydrogen-bond donors (Lipinski definition) is 0. The Morgan fingerprint density at radius 1 is 0.273 bits per heavy atom. The molecular formula is C74H74N4O8Si2. The van der Waals surface area contributed by atoms with Gasteiger partial charge in [0.2, 0.25) is 0 Å². The minimum atomic E-state index is -3.36. The molecule has 2 aromatic heterocycles. The molecule has 12 aromatic rings. The van der Waals surface area contributed by atoms with E-state index in [1.807, 2.05) is 41.5 Å². The van der Waals surface area contributed by atoms with Crippen molar-refractivity contribution in [3.8, 4) is 22.5 Å². The normalized spacial score (nSPS) is 12.0. The minimum Gasteiger partial charge on any atom is -0.351 e. The monoisotopic (exact) mass is 1200 g/mol. The van der Waals surface area contributed by atoms with E-state index >= 15 is 0 Å². The van der Waals surface area contributed by atoms with Gasteiger partial charge in [0.05, 0.1) is 35.3 Å². The van der Waals surface area contributed by atoms with Crippen molar-refractivity contribution in [2.24, 2.45) is 0 Å². The van der Waals surface area contributed by atoms with Crippen LogP contribution in [0, 0.1) is 0 Å². The van der Waals surface area contributed by atoms with Crippen LogP contribution in [0.5, 0.6) is 0 Å². The molecule has 0 atom stereocenters. The third-order valence-electron chi connectivity index (χ3n) is 15.5. The Bertz CT molecular complexity index is 3950. The summed E-state index contributed by atoms with van der Waals surface area (Å²) < 4.78 is 54.0. The lowest BCUT2D eigenvalue weighted by Crippen LogP contribution is -2.49. The predicted octanol–water partition coefficient (Wildman–Crippen LogP) is 18.6. The maximum atomic E-state index is 6.47. The second kappa shape index (κ2) is 27.3. The van der Waals surface area contributed by atoms with E-state index in [4.69, 9.17) is 35.4 Å². The van der Waals surface area contributed by atoms with Crippen LogP contribution in [0.3, 0.4) is 0 Å². The largest absolute Gasteiger partial charge is 0.679 e. The van der Waals surface area contributed by atoms with Crippen molar-refractivity contribution in [3.63, 3.8) is 0 Å². The summed E-state index contributed by atoms with van der Waals surface area (Å²) >= 11 is 0. The van der Waals surface area contributed by atoms with E-state index in [-0.39, 0.29) is 13.2 Å². The summed E-state index contributed by atoms with van der Waals surface area (Å²) in [6.45, 7) is 14.7. The van der Waals surface area contributed by atoms with Gasteiger partial charge < -0.3 is 54.3 Å². The van der Waals surface area contributed by atoms with Crippen molar-refractivity contribution in [1.82, 2.24) is 9.13 Å². The second-order valence-electron chi connectivity index (χ2n) is 21.1. The van der Waals surface area contributed by atoms with Gasteiger partial charge >= 0.3 is 18.1 Å². The van der Waals surface area contributed by atoms with Gasteiger partial charge in [0, 0.05) is 107 Å². The molecule has 0 fully saturated rings. The topological polar surface area (TPSA) is 90.2 Å². The highest BCUT2D eigenvalue weighted by atomic mass is 28.4. The maximum absolute atomic E-state index is 6.47. The quantitative estimate of drug-likeness (QED) is 0.0464. The Balaban J connectivity index is 0.883. The molecule has 0 unspecified atom stereocenters. The van der Waals surface area contributed by atoms with Crippen LogP contribution in [0.25, 0.3) is 66.1 Å². The standard InChI is InChI=1S/C74H74N4O8Si2/c1-7-79-87(80-8-2,81-9-3)85-53-55-33-45-71-67(49-55)69-51-65(43-47-73(69)77(71)61-29-21-15-22-30-61)75(59-25-17-13-18-26-59)63-39-35-57(36-40-63)58-37-41-64(42-38-58)76(60-27-19-14-20-28-60)66-44-48-74-70(52-66)68-50-56(54-86-88(82-10-4,83-11-5)84-12-6)34-46-72(68)78(74)62-31-23-16-24-32-62/h13-52H,7-12,53-54H2,1-6H3. The molecule has 0 aliphatic rings. The highest BCUT2D eigenvalue weighted by molar-refractivity contribution is 6.53. The van der Waals surface area contributed by atoms with Crippen molar-refractivity contribution in [2.45, 2.75) is 54.8 Å². The molecule has 0 bridgehead atoms. The number of benzene rings is 10. The average Bonchev–Trinajstić information content (AvgIpc) is 2.05. The Morgan fingerprint density at radius 2 is 0.545 bits per heavy atom. The van der Waals surface area contributed by atoms with E-state index in [0.29, 0.717) is 39.6 Å². The van der Waals surface area contributed by atoms with Crippen molar-refractivity contribution in [3.05, 3.63) is 254 Å². The molecule has 0 aliphatic heterocycles. The Labute approximate surface area is 518 Å². The Hall–Kier alpha value is -8.49. The molecule has 0 aliphatic carbocycles. The van der Waals surface area contributed by atoms with Crippen LogP contribution in [0.15, 0.2) is 243 Å². The third-order valence-corrected chi connectivity index (χ3v) is 20.4. The van der Waals surface area contributed by atoms with Crippen molar-refractivity contribution >= 4 is 95.8 Å². The van der Waals surface area contributed by atoms with Crippen LogP contribution in [0.1, 0.15) is 52.7 Å². The Kier molecular flexibility index (Phi) is 18.5. The van der Waals surface area contributed by atoms with Crippen LogP contribution in [-0.2, 0) is 48.6 Å². The van der Waals surface area contributed by atoms with Gasteiger partial charge in [-0.25, -0.2) is 0 Å². The van der Waals surface area contributed by atoms with Crippen LogP contribution in [0.4, 0.5) is 34.1 Å². The number of hydrogen-bond acceptors (Lipinski definition) is 10. The van der Waals surface area contributed by atoms with Gasteiger partial charge in [-0.15, -0.1) is 0 Å². The van der Waals surface area contributed by atoms with Gasteiger partial charge in [-0.05, 0) is 197 Å². The molecule has 0 N–H and O–H groups in total. The molecule has 0 amide bonds. The summed E-state index contributed by atoms with van der Waals surface area (Å²) in [6, 6.07) is 86.7. The molecule has 0 radical (unpaired) electrons. The number of aromatic nitrogens is 2. The first-order chi connectivity index (χ1) is 43.3. The molecule has 12 nitrogen and oxygen atoms in total. The number of rotatable bonds is 27. The van der Waals surface area contributed by atoms with Crippen molar-refractivity contribution in [1.29, 1.82) is 0 Å². The van der Waals surface area contributed by atoms with E-state index in [0.717, 1.165) is 111 Å². The predicted molar refractivity (Wildman–Crippen MR) is 361 cm³/mol. The summed E-state index contributed by atoms with van der Waals surface area (Å²) in [5.74, 6) is 0. The Morgan fingerprint density at radius 3 is 0.864 bits per heavy atom. The van der Waals surface area contributed by atoms with Gasteiger partial charge in [-0.2, -0.15) is 0 Å². The fourth-order valence-electron chi connectivity index (χ4n) is 11.8. The zero-order valence-corrected chi connectivity index (χ0v) is 52.8. The van der Waals surface area contributed by atoms with Gasteiger partial charge in [0.25, 0.3) is 0 Å². The van der Waals surface area contributed by atoms with Crippen LogP contribution >= 0.6 is 0 Å². The van der Waals surface area contributed by atoms with Gasteiger partial charge in [-0.1, -0.05) is 109 Å². The lowest BCUT2D eigenvalue weighted by atomic mass is 10.0. The van der Waals surface area contributed by atoms with Crippen molar-refractivity contribution in [2.75, 3.05) is 49.4 Å². The number of nitrogens with zero attached hydrogens (tertiary/aromatic N) is 4. The van der Waals surface area contributed by atoms with Gasteiger partial charge in [0.15, 0.2) is 0 Å². The van der Waals surface area contributed by atoms with Gasteiger partial charge in [-0.3, -0.25) is 0 Å². The summed E-state index contributed by atoms with van der Waals surface area (Å²) in [7, 11) is -6.73. The van der Waals surface area contributed by atoms with Crippen LogP contribution in [-0.4, -0.2) is 66.9 Å². The smallest absolute Gasteiger partial charge is 0.351 e. The summed E-state index contributed by atoms with van der Waals surface area (Å²) in [5.41, 5.74) is 17.0. The van der Waals surface area contributed by atoms with E-state index in [9.17, 15) is 0 Å². The lowest BCUT2D eigenvalue weighted by Gasteiger charge is -2.27. The summed E-state index contributed by atoms with van der Waals surface area (Å²) in [5, 5.41) is 4.44. The average molecular weight is 1200 g/mol. The van der Waals surface area contributed by atoms with E-state index in [1.54, 1.807) is 0 Å². The zero-order valence-electron chi connectivity index (χ0n) is 50.8. The first-order valence-corrected chi connectivity index (χ1v) is 33.8. The second-order valence-corrected chi connectivity index (χ2v) is 25.4. The van der Waals surface area contributed by atoms with Crippen LogP contribution in [0.2, 0.25) is 0 Å². The molecule has 0 saturated carbocycles. The zero-order chi connectivity index (χ0) is 60.5. The van der Waals surface area contributed by atoms with E-state index in [1.165, 1.54) is 0 Å². The first-order valence-electron chi connectivity index (χ1n) is 30.6. The molecule has 88 heavy (non-hydrogen) atoms. The number of para-hydroxylation sites is 4. The molecule has 0 saturated heterocycles. The molecule has 14 heteroatoms. The summed E-state index contributed by atoms with van der Waals surface area (Å²) in [4.78, 5) is 4.66. The van der Waals surface area contributed by atoms with Gasteiger partial charge in [0.1, 0.15) is 0 Å². The highest BCUT2D eigenvalue weighted by Gasteiger charge is 2.46. The van der Waals surface area contributed by atoms with E-state index < -0.39 is 18.1 Å². The van der Waals surface area contributed by atoms with Crippen LogP contribution < -0.4 is 9.80 Å². The highest BCUT2D eigenvalue weighted by Crippen LogP contribution is 2.43. The molecule has 10 aromatic carbocycles. The third kappa shape index (κ3) is 12.4. The molecule has 12 rings (SSSR count). The van der Waals surface area contributed by atoms with Crippen molar-refractivity contribution < 1.29 is 35.4 Å². The fraction of sp³-hybridized carbons (Fsp3) is 0.189.